The molecule has 1 fully saturated rings. The maximum Gasteiger partial charge on any atom is 0.338 e. The van der Waals surface area contributed by atoms with Crippen LogP contribution in [0.1, 0.15) is 60.2 Å². The molecule has 0 radical (unpaired) electrons. The van der Waals surface area contributed by atoms with Crippen molar-refractivity contribution in [1.82, 2.24) is 0 Å². The number of unbranched alkanes of at least 4 members (excludes halogenated alkanes) is 2. The van der Waals surface area contributed by atoms with Crippen molar-refractivity contribution in [3.63, 3.8) is 0 Å². The van der Waals surface area contributed by atoms with Crippen molar-refractivity contribution < 1.29 is 28.7 Å². The number of hydrogen-bond acceptors (Lipinski definition) is 6. The summed E-state index contributed by atoms with van der Waals surface area (Å²) in [4.78, 5) is 51.3. The Kier molecular flexibility index (Phi) is 8.82. The van der Waals surface area contributed by atoms with Gasteiger partial charge >= 0.3 is 11.9 Å². The Bertz CT molecular complexity index is 1030. The Balaban J connectivity index is 1.55. The molecular formula is C26H28ClNO6. The average molecular weight is 486 g/mol. The van der Waals surface area contributed by atoms with Gasteiger partial charge in [-0.3, -0.25) is 14.4 Å². The molecule has 0 saturated carbocycles. The second kappa shape index (κ2) is 11.8. The first-order chi connectivity index (χ1) is 16.3. The number of ketones is 1. The fraction of sp³-hybridized carbons (Fsp3) is 0.385. The van der Waals surface area contributed by atoms with Crippen LogP contribution >= 0.6 is 11.6 Å². The number of Topliss-reactive ketones (excluding diaryl/α,β-unsaturated/α-hetero) is 1. The number of anilines is 1. The number of carbonyl (C=O) groups excluding carboxylic acids is 4. The number of hydrogen-bond donors (Lipinski definition) is 0. The number of ether oxygens (including phenoxy) is 2. The topological polar surface area (TPSA) is 90.0 Å². The van der Waals surface area contributed by atoms with Gasteiger partial charge < -0.3 is 14.4 Å². The minimum absolute atomic E-state index is 0.0120. The highest BCUT2D eigenvalue weighted by molar-refractivity contribution is 6.30. The number of halogens is 1. The number of amides is 1. The molecule has 0 unspecified atom stereocenters. The zero-order valence-corrected chi connectivity index (χ0v) is 20.0. The molecule has 2 aromatic rings. The summed E-state index contributed by atoms with van der Waals surface area (Å²) in [7, 11) is 0. The third kappa shape index (κ3) is 6.44. The van der Waals surface area contributed by atoms with Gasteiger partial charge in [-0.25, -0.2) is 4.79 Å². The van der Waals surface area contributed by atoms with E-state index in [1.54, 1.807) is 48.5 Å². The van der Waals surface area contributed by atoms with Crippen molar-refractivity contribution in [2.24, 2.45) is 5.92 Å². The van der Waals surface area contributed by atoms with Gasteiger partial charge in [0.2, 0.25) is 11.7 Å². The van der Waals surface area contributed by atoms with E-state index in [2.05, 4.69) is 6.92 Å². The largest absolute Gasteiger partial charge is 0.462 e. The molecular weight excluding hydrogens is 458 g/mol. The van der Waals surface area contributed by atoms with E-state index in [1.807, 2.05) is 0 Å². The Labute approximate surface area is 204 Å². The number of benzene rings is 2. The monoisotopic (exact) mass is 485 g/mol. The Morgan fingerprint density at radius 2 is 1.68 bits per heavy atom. The van der Waals surface area contributed by atoms with Gasteiger partial charge in [0.15, 0.2) is 6.10 Å². The van der Waals surface area contributed by atoms with Crippen LogP contribution in [-0.4, -0.2) is 42.9 Å². The third-order valence-corrected chi connectivity index (χ3v) is 5.90. The molecule has 7 nitrogen and oxygen atoms in total. The van der Waals surface area contributed by atoms with Gasteiger partial charge in [0, 0.05) is 29.2 Å². The molecule has 2 aromatic carbocycles. The van der Waals surface area contributed by atoms with Gasteiger partial charge in [-0.2, -0.15) is 0 Å². The molecule has 0 spiro atoms. The van der Waals surface area contributed by atoms with Crippen LogP contribution in [0.2, 0.25) is 5.02 Å². The minimum Gasteiger partial charge on any atom is -0.462 e. The van der Waals surface area contributed by atoms with Crippen LogP contribution in [-0.2, 0) is 19.1 Å². The van der Waals surface area contributed by atoms with Crippen LogP contribution in [0.4, 0.5) is 5.69 Å². The van der Waals surface area contributed by atoms with E-state index in [1.165, 1.54) is 11.8 Å². The van der Waals surface area contributed by atoms with E-state index < -0.39 is 24.0 Å². The minimum atomic E-state index is -0.986. The molecule has 1 saturated heterocycles. The lowest BCUT2D eigenvalue weighted by Gasteiger charge is -2.18. The second-order valence-corrected chi connectivity index (χ2v) is 8.68. The van der Waals surface area contributed by atoms with Crippen molar-refractivity contribution in [3.05, 3.63) is 64.7 Å². The summed E-state index contributed by atoms with van der Waals surface area (Å²) in [5.41, 5.74) is 1.36. The molecule has 3 rings (SSSR count). The summed E-state index contributed by atoms with van der Waals surface area (Å²) in [6.45, 7) is 4.09. The molecule has 1 aliphatic rings. The van der Waals surface area contributed by atoms with Crippen molar-refractivity contribution in [2.45, 2.75) is 45.6 Å². The lowest BCUT2D eigenvalue weighted by molar-refractivity contribution is -0.151. The summed E-state index contributed by atoms with van der Waals surface area (Å²) in [5, 5.41) is 0.502. The van der Waals surface area contributed by atoms with Gasteiger partial charge in [-0.1, -0.05) is 31.4 Å². The maximum atomic E-state index is 12.6. The van der Waals surface area contributed by atoms with Crippen molar-refractivity contribution in [2.75, 3.05) is 18.1 Å². The molecule has 1 amide bonds. The summed E-state index contributed by atoms with van der Waals surface area (Å²) in [6.07, 6.45) is 1.87. The SMILES string of the molecule is CCCCCOC(=O)c1ccc(N2C[C@@H](C(=O)O[C@H](C)C(=O)c3ccc(Cl)cc3)CC2=O)cc1. The predicted molar refractivity (Wildman–Crippen MR) is 128 cm³/mol. The van der Waals surface area contributed by atoms with Crippen LogP contribution in [0.3, 0.4) is 0 Å². The highest BCUT2D eigenvalue weighted by Gasteiger charge is 2.37. The standard InChI is InChI=1S/C26H28ClNO6/c1-3-4-5-14-33-25(31)19-8-12-22(13-9-19)28-16-20(15-23(28)29)26(32)34-17(2)24(30)18-6-10-21(27)11-7-18/h6-13,17,20H,3-5,14-16H2,1-2H3/t17-,20+/m1/s1. The lowest BCUT2D eigenvalue weighted by atomic mass is 10.1. The highest BCUT2D eigenvalue weighted by atomic mass is 35.5. The van der Waals surface area contributed by atoms with E-state index in [9.17, 15) is 19.2 Å². The maximum absolute atomic E-state index is 12.6. The van der Waals surface area contributed by atoms with Crippen molar-refractivity contribution in [3.8, 4) is 0 Å². The van der Waals surface area contributed by atoms with Crippen LogP contribution < -0.4 is 4.90 Å². The number of esters is 2. The van der Waals surface area contributed by atoms with E-state index in [0.29, 0.717) is 28.4 Å². The van der Waals surface area contributed by atoms with Crippen LogP contribution in [0.5, 0.6) is 0 Å². The van der Waals surface area contributed by atoms with Crippen LogP contribution in [0.25, 0.3) is 0 Å². The molecule has 0 aromatic heterocycles. The summed E-state index contributed by atoms with van der Waals surface area (Å²) in [6, 6.07) is 12.8. The Hall–Kier alpha value is -3.19. The van der Waals surface area contributed by atoms with Gasteiger partial charge in [-0.15, -0.1) is 0 Å². The molecule has 8 heteroatoms. The zero-order valence-electron chi connectivity index (χ0n) is 19.3. The molecule has 1 aliphatic heterocycles. The summed E-state index contributed by atoms with van der Waals surface area (Å²) in [5.74, 6) is -2.26. The van der Waals surface area contributed by atoms with Crippen LogP contribution in [0.15, 0.2) is 48.5 Å². The van der Waals surface area contributed by atoms with Gasteiger partial charge in [0.05, 0.1) is 18.1 Å². The van der Waals surface area contributed by atoms with Crippen molar-refractivity contribution in [1.29, 1.82) is 0 Å². The average Bonchev–Trinajstić information content (AvgIpc) is 3.23. The fourth-order valence-corrected chi connectivity index (χ4v) is 3.79. The first kappa shape index (κ1) is 25.4. The zero-order chi connectivity index (χ0) is 24.7. The fourth-order valence-electron chi connectivity index (χ4n) is 3.67. The molecule has 0 N–H and O–H groups in total. The summed E-state index contributed by atoms with van der Waals surface area (Å²) < 4.78 is 10.6. The smallest absolute Gasteiger partial charge is 0.338 e. The molecule has 1 heterocycles. The molecule has 0 bridgehead atoms. The predicted octanol–water partition coefficient (Wildman–Crippen LogP) is 4.85. The summed E-state index contributed by atoms with van der Waals surface area (Å²) >= 11 is 5.84. The number of nitrogens with zero attached hydrogens (tertiary/aromatic N) is 1. The molecule has 0 aliphatic carbocycles. The lowest BCUT2D eigenvalue weighted by Crippen LogP contribution is -2.30. The highest BCUT2D eigenvalue weighted by Crippen LogP contribution is 2.27. The number of carbonyl (C=O) groups is 4. The quantitative estimate of drug-likeness (QED) is 0.271. The molecule has 34 heavy (non-hydrogen) atoms. The first-order valence-electron chi connectivity index (χ1n) is 11.4. The van der Waals surface area contributed by atoms with Crippen LogP contribution in [0, 0.1) is 5.92 Å². The number of rotatable bonds is 10. The second-order valence-electron chi connectivity index (χ2n) is 8.25. The van der Waals surface area contributed by atoms with Crippen molar-refractivity contribution >= 4 is 40.9 Å². The van der Waals surface area contributed by atoms with E-state index in [-0.39, 0.29) is 24.7 Å². The normalized spacial score (nSPS) is 16.3. The van der Waals surface area contributed by atoms with E-state index >= 15 is 0 Å². The molecule has 180 valence electrons. The Morgan fingerprint density at radius 1 is 1.03 bits per heavy atom. The van der Waals surface area contributed by atoms with Gasteiger partial charge in [0.25, 0.3) is 0 Å². The van der Waals surface area contributed by atoms with E-state index in [0.717, 1.165) is 19.3 Å². The Morgan fingerprint density at radius 3 is 2.32 bits per heavy atom. The molecule has 2 atom stereocenters. The van der Waals surface area contributed by atoms with Gasteiger partial charge in [0.1, 0.15) is 0 Å². The third-order valence-electron chi connectivity index (χ3n) is 5.64. The van der Waals surface area contributed by atoms with E-state index in [4.69, 9.17) is 21.1 Å². The van der Waals surface area contributed by atoms with Gasteiger partial charge in [-0.05, 0) is 61.9 Å². The first-order valence-corrected chi connectivity index (χ1v) is 11.8.